The molecule has 0 amide bonds. The Morgan fingerprint density at radius 3 is 3.07 bits per heavy atom. The Bertz CT molecular complexity index is 487. The maximum absolute atomic E-state index is 5.31. The fourth-order valence-electron chi connectivity index (χ4n) is 2.14. The number of benzene rings is 1. The summed E-state index contributed by atoms with van der Waals surface area (Å²) in [5, 5.41) is 4.61. The second-order valence-corrected chi connectivity index (χ2v) is 3.57. The zero-order chi connectivity index (χ0) is 9.54. The van der Waals surface area contributed by atoms with Gasteiger partial charge < -0.3 is 15.0 Å². The van der Waals surface area contributed by atoms with E-state index in [4.69, 9.17) is 4.74 Å². The van der Waals surface area contributed by atoms with Crippen molar-refractivity contribution in [3.05, 3.63) is 29.5 Å². The number of para-hydroxylation sites is 1. The summed E-state index contributed by atoms with van der Waals surface area (Å²) in [5.74, 6) is 0.928. The maximum atomic E-state index is 5.31. The van der Waals surface area contributed by atoms with Gasteiger partial charge in [-0.05, 0) is 11.6 Å². The van der Waals surface area contributed by atoms with E-state index in [9.17, 15) is 0 Å². The van der Waals surface area contributed by atoms with E-state index in [1.807, 2.05) is 12.1 Å². The van der Waals surface area contributed by atoms with Crippen LogP contribution in [0.25, 0.3) is 10.9 Å². The average Bonchev–Trinajstić information content (AvgIpc) is 2.76. The lowest BCUT2D eigenvalue weighted by Gasteiger charge is -2.01. The van der Waals surface area contributed by atoms with Gasteiger partial charge in [0.1, 0.15) is 5.75 Å². The van der Waals surface area contributed by atoms with Crippen LogP contribution in [0.1, 0.15) is 11.3 Å². The largest absolute Gasteiger partial charge is 0.495 e. The molecular weight excluding hydrogens is 176 g/mol. The fourth-order valence-corrected chi connectivity index (χ4v) is 2.14. The van der Waals surface area contributed by atoms with Crippen molar-refractivity contribution in [1.82, 2.24) is 10.3 Å². The molecule has 0 radical (unpaired) electrons. The number of hydrogen-bond donors (Lipinski definition) is 2. The summed E-state index contributed by atoms with van der Waals surface area (Å²) >= 11 is 0. The molecule has 3 nitrogen and oxygen atoms in total. The van der Waals surface area contributed by atoms with Crippen LogP contribution < -0.4 is 10.1 Å². The van der Waals surface area contributed by atoms with Crippen LogP contribution in [0.3, 0.4) is 0 Å². The molecule has 14 heavy (non-hydrogen) atoms. The number of rotatable bonds is 1. The van der Waals surface area contributed by atoms with Gasteiger partial charge >= 0.3 is 0 Å². The predicted octanol–water partition coefficient (Wildman–Crippen LogP) is 1.78. The minimum Gasteiger partial charge on any atom is -0.495 e. The van der Waals surface area contributed by atoms with E-state index in [2.05, 4.69) is 16.4 Å². The molecule has 72 valence electrons. The van der Waals surface area contributed by atoms with Crippen molar-refractivity contribution in [2.45, 2.75) is 13.1 Å². The molecule has 0 atom stereocenters. The smallest absolute Gasteiger partial charge is 0.142 e. The van der Waals surface area contributed by atoms with Crippen LogP contribution in [0.2, 0.25) is 0 Å². The zero-order valence-electron chi connectivity index (χ0n) is 8.05. The highest BCUT2D eigenvalue weighted by molar-refractivity contribution is 5.89. The molecule has 2 aromatic rings. The first-order chi connectivity index (χ1) is 6.90. The highest BCUT2D eigenvalue weighted by atomic mass is 16.5. The number of fused-ring (bicyclic) bond motifs is 3. The van der Waals surface area contributed by atoms with Crippen molar-refractivity contribution < 1.29 is 4.74 Å². The molecule has 0 aliphatic carbocycles. The Hall–Kier alpha value is -1.48. The van der Waals surface area contributed by atoms with Crippen molar-refractivity contribution in [2.24, 2.45) is 0 Å². The summed E-state index contributed by atoms with van der Waals surface area (Å²) in [6.45, 7) is 1.90. The lowest BCUT2D eigenvalue weighted by molar-refractivity contribution is 0.419. The van der Waals surface area contributed by atoms with Crippen LogP contribution in [0, 0.1) is 0 Å². The number of methoxy groups -OCH3 is 1. The van der Waals surface area contributed by atoms with Crippen LogP contribution in [-0.4, -0.2) is 12.1 Å². The molecule has 2 N–H and O–H groups in total. The number of nitrogens with one attached hydrogen (secondary N) is 2. The molecule has 1 aliphatic heterocycles. The number of H-pyrrole nitrogens is 1. The van der Waals surface area contributed by atoms with E-state index in [0.29, 0.717) is 0 Å². The SMILES string of the molecule is COc1cccc2c3c([nH]c12)CNC3. The molecule has 0 unspecified atom stereocenters. The molecule has 0 bridgehead atoms. The minimum absolute atomic E-state index is 0.928. The van der Waals surface area contributed by atoms with Crippen molar-refractivity contribution in [3.63, 3.8) is 0 Å². The molecule has 0 saturated heterocycles. The van der Waals surface area contributed by atoms with Crippen LogP contribution in [0.5, 0.6) is 5.75 Å². The molecule has 0 saturated carbocycles. The Labute approximate surface area is 82.1 Å². The van der Waals surface area contributed by atoms with Crippen molar-refractivity contribution in [1.29, 1.82) is 0 Å². The van der Waals surface area contributed by atoms with Gasteiger partial charge in [0.15, 0.2) is 0 Å². The van der Waals surface area contributed by atoms with Gasteiger partial charge in [0.25, 0.3) is 0 Å². The summed E-state index contributed by atoms with van der Waals surface area (Å²) in [6.07, 6.45) is 0. The van der Waals surface area contributed by atoms with Gasteiger partial charge in [-0.2, -0.15) is 0 Å². The van der Waals surface area contributed by atoms with Gasteiger partial charge in [0.2, 0.25) is 0 Å². The summed E-state index contributed by atoms with van der Waals surface area (Å²) in [6, 6.07) is 6.16. The highest BCUT2D eigenvalue weighted by Gasteiger charge is 2.17. The summed E-state index contributed by atoms with van der Waals surface area (Å²) < 4.78 is 5.31. The average molecular weight is 188 g/mol. The van der Waals surface area contributed by atoms with E-state index in [-0.39, 0.29) is 0 Å². The van der Waals surface area contributed by atoms with Gasteiger partial charge in [0, 0.05) is 24.2 Å². The third-order valence-electron chi connectivity index (χ3n) is 2.81. The normalized spacial score (nSPS) is 14.6. The quantitative estimate of drug-likeness (QED) is 0.715. The van der Waals surface area contributed by atoms with Crippen molar-refractivity contribution in [2.75, 3.05) is 7.11 Å². The Kier molecular flexibility index (Phi) is 1.55. The van der Waals surface area contributed by atoms with Crippen LogP contribution >= 0.6 is 0 Å². The summed E-state index contributed by atoms with van der Waals surface area (Å²) in [5.41, 5.74) is 3.81. The molecule has 1 aliphatic rings. The molecular formula is C11H12N2O. The first-order valence-corrected chi connectivity index (χ1v) is 4.77. The maximum Gasteiger partial charge on any atom is 0.142 e. The van der Waals surface area contributed by atoms with E-state index in [1.54, 1.807) is 7.11 Å². The van der Waals surface area contributed by atoms with E-state index >= 15 is 0 Å². The van der Waals surface area contributed by atoms with Gasteiger partial charge in [-0.25, -0.2) is 0 Å². The number of aromatic nitrogens is 1. The fraction of sp³-hybridized carbons (Fsp3) is 0.273. The Balaban J connectivity index is 2.36. The van der Waals surface area contributed by atoms with Gasteiger partial charge in [-0.3, -0.25) is 0 Å². The molecule has 0 spiro atoms. The number of hydrogen-bond acceptors (Lipinski definition) is 2. The van der Waals surface area contributed by atoms with Crippen molar-refractivity contribution >= 4 is 10.9 Å². The summed E-state index contributed by atoms with van der Waals surface area (Å²) in [4.78, 5) is 3.41. The lowest BCUT2D eigenvalue weighted by atomic mass is 10.1. The molecule has 1 aromatic heterocycles. The first-order valence-electron chi connectivity index (χ1n) is 4.77. The molecule has 1 aromatic carbocycles. The Morgan fingerprint density at radius 2 is 2.21 bits per heavy atom. The number of aromatic amines is 1. The van der Waals surface area contributed by atoms with Crippen LogP contribution in [0.15, 0.2) is 18.2 Å². The van der Waals surface area contributed by atoms with Gasteiger partial charge in [-0.1, -0.05) is 12.1 Å². The second kappa shape index (κ2) is 2.75. The van der Waals surface area contributed by atoms with Gasteiger partial charge in [0.05, 0.1) is 12.6 Å². The minimum atomic E-state index is 0.928. The van der Waals surface area contributed by atoms with Crippen molar-refractivity contribution in [3.8, 4) is 5.75 Å². The number of ether oxygens (including phenoxy) is 1. The van der Waals surface area contributed by atoms with E-state index in [0.717, 1.165) is 24.4 Å². The predicted molar refractivity (Wildman–Crippen MR) is 55.4 cm³/mol. The third kappa shape index (κ3) is 0.902. The van der Waals surface area contributed by atoms with Crippen LogP contribution in [0.4, 0.5) is 0 Å². The Morgan fingerprint density at radius 1 is 1.29 bits per heavy atom. The molecule has 3 rings (SSSR count). The standard InChI is InChI=1S/C11H12N2O/c1-14-10-4-2-3-7-8-5-12-6-9(8)13-11(7)10/h2-4,12-13H,5-6H2,1H3. The van der Waals surface area contributed by atoms with E-state index < -0.39 is 0 Å². The second-order valence-electron chi connectivity index (χ2n) is 3.57. The molecule has 3 heteroatoms. The zero-order valence-corrected chi connectivity index (χ0v) is 8.05. The first kappa shape index (κ1) is 7.88. The van der Waals surface area contributed by atoms with E-state index in [1.165, 1.54) is 16.6 Å². The topological polar surface area (TPSA) is 37.0 Å². The lowest BCUT2D eigenvalue weighted by Crippen LogP contribution is -2.01. The highest BCUT2D eigenvalue weighted by Crippen LogP contribution is 2.31. The van der Waals surface area contributed by atoms with Gasteiger partial charge in [-0.15, -0.1) is 0 Å². The molecule has 0 fully saturated rings. The monoisotopic (exact) mass is 188 g/mol. The van der Waals surface area contributed by atoms with Crippen LogP contribution in [-0.2, 0) is 13.1 Å². The molecule has 2 heterocycles. The third-order valence-corrected chi connectivity index (χ3v) is 2.81. The summed E-state index contributed by atoms with van der Waals surface area (Å²) in [7, 11) is 1.71.